The molecule has 0 N–H and O–H groups in total. The largest absolute Gasteiger partial charge is 0.352 e. The van der Waals surface area contributed by atoms with E-state index in [1.807, 2.05) is 19.9 Å². The maximum absolute atomic E-state index is 5.90. The summed E-state index contributed by atoms with van der Waals surface area (Å²) in [6, 6.07) is 2.54. The van der Waals surface area contributed by atoms with Gasteiger partial charge in [0.25, 0.3) is 0 Å². The van der Waals surface area contributed by atoms with Crippen LogP contribution >= 0.6 is 11.6 Å². The van der Waals surface area contributed by atoms with Crippen molar-refractivity contribution in [3.05, 3.63) is 17.6 Å². The molecule has 1 aromatic rings. The molecule has 0 saturated carbocycles. The van der Waals surface area contributed by atoms with E-state index in [0.717, 1.165) is 36.7 Å². The van der Waals surface area contributed by atoms with Crippen molar-refractivity contribution in [1.82, 2.24) is 9.97 Å². The Morgan fingerprint density at radius 3 is 2.35 bits per heavy atom. The van der Waals surface area contributed by atoms with Crippen molar-refractivity contribution in [2.45, 2.75) is 46.6 Å². The second-order valence-corrected chi connectivity index (χ2v) is 4.65. The predicted molar refractivity (Wildman–Crippen MR) is 73.9 cm³/mol. The summed E-state index contributed by atoms with van der Waals surface area (Å²) in [6.07, 6.45) is 2.21. The van der Waals surface area contributed by atoms with Gasteiger partial charge in [0.1, 0.15) is 11.6 Å². The van der Waals surface area contributed by atoms with Gasteiger partial charge in [0.05, 0.1) is 0 Å². The SMILES string of the molecule is CCC(CC)N(CCCl)c1cc(C)nc(C)n1. The molecule has 1 aromatic heterocycles. The van der Waals surface area contributed by atoms with E-state index in [4.69, 9.17) is 11.6 Å². The molecule has 0 atom stereocenters. The summed E-state index contributed by atoms with van der Waals surface area (Å²) in [5.41, 5.74) is 1.01. The number of hydrogen-bond acceptors (Lipinski definition) is 3. The maximum Gasteiger partial charge on any atom is 0.132 e. The van der Waals surface area contributed by atoms with Crippen molar-refractivity contribution in [2.24, 2.45) is 0 Å². The quantitative estimate of drug-likeness (QED) is 0.730. The van der Waals surface area contributed by atoms with E-state index in [1.165, 1.54) is 0 Å². The molecule has 0 amide bonds. The number of anilines is 1. The molecule has 0 aliphatic rings. The van der Waals surface area contributed by atoms with Crippen LogP contribution in [0.1, 0.15) is 38.2 Å². The van der Waals surface area contributed by atoms with E-state index in [-0.39, 0.29) is 0 Å². The fourth-order valence-corrected chi connectivity index (χ4v) is 2.33. The van der Waals surface area contributed by atoms with E-state index in [9.17, 15) is 0 Å². The zero-order valence-corrected chi connectivity index (χ0v) is 12.0. The minimum Gasteiger partial charge on any atom is -0.352 e. The number of hydrogen-bond donors (Lipinski definition) is 0. The van der Waals surface area contributed by atoms with Gasteiger partial charge in [-0.3, -0.25) is 0 Å². The molecule has 0 spiro atoms. The van der Waals surface area contributed by atoms with Gasteiger partial charge in [0, 0.05) is 30.2 Å². The van der Waals surface area contributed by atoms with Gasteiger partial charge in [-0.1, -0.05) is 13.8 Å². The highest BCUT2D eigenvalue weighted by atomic mass is 35.5. The Bertz CT molecular complexity index is 330. The summed E-state index contributed by atoms with van der Waals surface area (Å²) < 4.78 is 0. The zero-order chi connectivity index (χ0) is 12.8. The van der Waals surface area contributed by atoms with Crippen LogP contribution in [0.4, 0.5) is 5.82 Å². The molecule has 0 fully saturated rings. The molecule has 96 valence electrons. The highest BCUT2D eigenvalue weighted by molar-refractivity contribution is 6.18. The fourth-order valence-electron chi connectivity index (χ4n) is 2.15. The summed E-state index contributed by atoms with van der Waals surface area (Å²) in [5, 5.41) is 0. The molecule has 4 heteroatoms. The Hall–Kier alpha value is -0.830. The van der Waals surface area contributed by atoms with Gasteiger partial charge in [0.15, 0.2) is 0 Å². The third-order valence-electron chi connectivity index (χ3n) is 2.96. The molecule has 1 heterocycles. The number of halogens is 1. The van der Waals surface area contributed by atoms with Crippen LogP contribution in [0.15, 0.2) is 6.07 Å². The van der Waals surface area contributed by atoms with E-state index in [2.05, 4.69) is 28.7 Å². The highest BCUT2D eigenvalue weighted by Crippen LogP contribution is 2.19. The minimum absolute atomic E-state index is 0.502. The lowest BCUT2D eigenvalue weighted by Crippen LogP contribution is -2.37. The Kier molecular flexibility index (Phi) is 5.69. The standard InChI is InChI=1S/C13H22ClN3/c1-5-12(6-2)17(8-7-14)13-9-10(3)15-11(4)16-13/h9,12H,5-8H2,1-4H3. The summed E-state index contributed by atoms with van der Waals surface area (Å²) >= 11 is 5.90. The second-order valence-electron chi connectivity index (χ2n) is 4.27. The van der Waals surface area contributed by atoms with E-state index < -0.39 is 0 Å². The molecule has 0 bridgehead atoms. The Labute approximate surface area is 109 Å². The van der Waals surface area contributed by atoms with Gasteiger partial charge >= 0.3 is 0 Å². The summed E-state index contributed by atoms with van der Waals surface area (Å²) in [6.45, 7) is 9.18. The molecule has 1 rings (SSSR count). The average Bonchev–Trinajstić information content (AvgIpc) is 2.28. The van der Waals surface area contributed by atoms with Crippen molar-refractivity contribution in [3.8, 4) is 0 Å². The van der Waals surface area contributed by atoms with Crippen molar-refractivity contribution in [2.75, 3.05) is 17.3 Å². The molecule has 0 unspecified atom stereocenters. The number of rotatable bonds is 6. The number of aromatic nitrogens is 2. The summed E-state index contributed by atoms with van der Waals surface area (Å²) in [7, 11) is 0. The molecule has 0 aliphatic heterocycles. The molecule has 17 heavy (non-hydrogen) atoms. The van der Waals surface area contributed by atoms with Gasteiger partial charge in [-0.25, -0.2) is 9.97 Å². The van der Waals surface area contributed by atoms with Crippen LogP contribution in [0.25, 0.3) is 0 Å². The number of aryl methyl sites for hydroxylation is 2. The third kappa shape index (κ3) is 3.84. The van der Waals surface area contributed by atoms with Gasteiger partial charge < -0.3 is 4.90 Å². The zero-order valence-electron chi connectivity index (χ0n) is 11.2. The predicted octanol–water partition coefficient (Wildman–Crippen LogP) is 3.33. The van der Waals surface area contributed by atoms with Crippen LogP contribution in [0.3, 0.4) is 0 Å². The molecule has 0 aliphatic carbocycles. The van der Waals surface area contributed by atoms with Crippen LogP contribution in [-0.2, 0) is 0 Å². The monoisotopic (exact) mass is 255 g/mol. The lowest BCUT2D eigenvalue weighted by Gasteiger charge is -2.31. The first-order valence-electron chi connectivity index (χ1n) is 6.27. The lowest BCUT2D eigenvalue weighted by molar-refractivity contribution is 0.561. The van der Waals surface area contributed by atoms with Crippen molar-refractivity contribution in [1.29, 1.82) is 0 Å². The van der Waals surface area contributed by atoms with Gasteiger partial charge in [-0.05, 0) is 26.7 Å². The van der Waals surface area contributed by atoms with Gasteiger partial charge in [-0.2, -0.15) is 0 Å². The van der Waals surface area contributed by atoms with Crippen LogP contribution in [-0.4, -0.2) is 28.4 Å². The lowest BCUT2D eigenvalue weighted by atomic mass is 10.1. The molecular weight excluding hydrogens is 234 g/mol. The molecule has 3 nitrogen and oxygen atoms in total. The van der Waals surface area contributed by atoms with E-state index >= 15 is 0 Å². The van der Waals surface area contributed by atoms with Crippen molar-refractivity contribution < 1.29 is 0 Å². The second kappa shape index (κ2) is 6.80. The molecule has 0 radical (unpaired) electrons. The van der Waals surface area contributed by atoms with Crippen molar-refractivity contribution in [3.63, 3.8) is 0 Å². The topological polar surface area (TPSA) is 29.0 Å². The molecular formula is C13H22ClN3. The van der Waals surface area contributed by atoms with E-state index in [0.29, 0.717) is 11.9 Å². The Morgan fingerprint density at radius 1 is 1.24 bits per heavy atom. The first kappa shape index (κ1) is 14.2. The van der Waals surface area contributed by atoms with Crippen LogP contribution < -0.4 is 4.90 Å². The minimum atomic E-state index is 0.502. The normalized spacial score (nSPS) is 10.9. The molecule has 0 aromatic carbocycles. The van der Waals surface area contributed by atoms with Crippen LogP contribution in [0.2, 0.25) is 0 Å². The van der Waals surface area contributed by atoms with Crippen LogP contribution in [0.5, 0.6) is 0 Å². The van der Waals surface area contributed by atoms with Crippen molar-refractivity contribution >= 4 is 17.4 Å². The van der Waals surface area contributed by atoms with Gasteiger partial charge in [-0.15, -0.1) is 11.6 Å². The summed E-state index contributed by atoms with van der Waals surface area (Å²) in [5.74, 6) is 2.45. The number of alkyl halides is 1. The van der Waals surface area contributed by atoms with Gasteiger partial charge in [0.2, 0.25) is 0 Å². The Morgan fingerprint density at radius 2 is 1.88 bits per heavy atom. The fraction of sp³-hybridized carbons (Fsp3) is 0.692. The first-order valence-corrected chi connectivity index (χ1v) is 6.80. The average molecular weight is 256 g/mol. The first-order chi connectivity index (χ1) is 8.12. The maximum atomic E-state index is 5.90. The highest BCUT2D eigenvalue weighted by Gasteiger charge is 2.17. The smallest absolute Gasteiger partial charge is 0.132 e. The number of nitrogens with zero attached hydrogens (tertiary/aromatic N) is 3. The van der Waals surface area contributed by atoms with E-state index in [1.54, 1.807) is 0 Å². The van der Waals surface area contributed by atoms with Crippen LogP contribution in [0, 0.1) is 13.8 Å². The Balaban J connectivity index is 3.03. The summed E-state index contributed by atoms with van der Waals surface area (Å²) in [4.78, 5) is 11.1. The molecule has 0 saturated heterocycles. The third-order valence-corrected chi connectivity index (χ3v) is 3.12.